The van der Waals surface area contributed by atoms with E-state index in [0.717, 1.165) is 111 Å². The predicted octanol–water partition coefficient (Wildman–Crippen LogP) is 15.6. The van der Waals surface area contributed by atoms with Gasteiger partial charge in [0.1, 0.15) is 22.3 Å². The van der Waals surface area contributed by atoms with Crippen molar-refractivity contribution in [2.75, 3.05) is 14.7 Å². The summed E-state index contributed by atoms with van der Waals surface area (Å²) in [5.74, 6) is 2.67. The molecule has 0 unspecified atom stereocenters. The summed E-state index contributed by atoms with van der Waals surface area (Å²) in [6.45, 7) is -0.347. The van der Waals surface area contributed by atoms with Gasteiger partial charge in [0.25, 0.3) is 6.71 Å². The van der Waals surface area contributed by atoms with Crippen LogP contribution in [0.25, 0.3) is 66.1 Å². The maximum Gasteiger partial charge on any atom is 0.262 e. The number of benzene rings is 9. The Labute approximate surface area is 402 Å². The molecule has 0 atom stereocenters. The van der Waals surface area contributed by atoms with Crippen LogP contribution in [0.2, 0.25) is 0 Å². The van der Waals surface area contributed by atoms with Crippen LogP contribution >= 0.6 is 0 Å². The summed E-state index contributed by atoms with van der Waals surface area (Å²) in [7, 11) is 0. The Bertz CT molecular complexity index is 3890. The van der Waals surface area contributed by atoms with Gasteiger partial charge >= 0.3 is 0 Å². The molecule has 0 aliphatic carbocycles. The molecule has 2 aliphatic rings. The Morgan fingerprint density at radius 1 is 0.300 bits per heavy atom. The predicted molar refractivity (Wildman–Crippen MR) is 285 cm³/mol. The molecule has 4 aromatic heterocycles. The minimum Gasteiger partial charge on any atom is -0.440 e. The van der Waals surface area contributed by atoms with Gasteiger partial charge in [0.15, 0.2) is 0 Å². The van der Waals surface area contributed by atoms with Gasteiger partial charge in [0, 0.05) is 43.8 Å². The quantitative estimate of drug-likeness (QED) is 0.148. The molecule has 9 aromatic carbocycles. The molecule has 8 heteroatoms. The first-order valence-corrected chi connectivity index (χ1v) is 23.6. The average Bonchev–Trinajstić information content (AvgIpc) is 4.21. The van der Waals surface area contributed by atoms with Crippen LogP contribution < -0.4 is 31.1 Å². The molecule has 2 aliphatic heterocycles. The number of nitrogens with zero attached hydrogens (tertiary/aromatic N) is 3. The number of fused-ring (bicyclic) bond motifs is 10. The van der Waals surface area contributed by atoms with E-state index in [4.69, 9.17) is 17.7 Å². The molecule has 7 nitrogen and oxygen atoms in total. The second-order valence-corrected chi connectivity index (χ2v) is 17.9. The zero-order valence-corrected chi connectivity index (χ0v) is 37.5. The highest BCUT2D eigenvalue weighted by molar-refractivity contribution is 7.02. The van der Waals surface area contributed by atoms with Gasteiger partial charge in [-0.1, -0.05) is 170 Å². The highest BCUT2D eigenvalue weighted by atomic mass is 16.4. The largest absolute Gasteiger partial charge is 0.440 e. The highest BCUT2D eigenvalue weighted by Gasteiger charge is 2.51. The molecule has 0 spiro atoms. The van der Waals surface area contributed by atoms with E-state index in [0.29, 0.717) is 23.5 Å². The molecule has 0 saturated heterocycles. The second kappa shape index (κ2) is 15.1. The van der Waals surface area contributed by atoms with Gasteiger partial charge in [0.05, 0.1) is 28.2 Å². The van der Waals surface area contributed by atoms with E-state index in [2.05, 4.69) is 209 Å². The summed E-state index contributed by atoms with van der Waals surface area (Å²) in [6.07, 6.45) is 0. The summed E-state index contributed by atoms with van der Waals surface area (Å²) in [5, 5.41) is 4.03. The Morgan fingerprint density at radius 2 is 0.629 bits per heavy atom. The van der Waals surface area contributed by atoms with Crippen LogP contribution in [-0.2, 0) is 0 Å². The highest BCUT2D eigenvalue weighted by Crippen LogP contribution is 2.55. The zero-order chi connectivity index (χ0) is 45.9. The van der Waals surface area contributed by atoms with Crippen molar-refractivity contribution in [3.63, 3.8) is 0 Å². The van der Waals surface area contributed by atoms with Crippen molar-refractivity contribution < 1.29 is 17.7 Å². The minimum atomic E-state index is -0.347. The SMILES string of the molecule is c1ccc(-c2c(N3c4cc(N(c5ccccc5)c5ccccc5)cc5c4B(c4c3oc3ccccc43)c3c(oc4ccccc34)N5c3oc4ccccc4c3-c3ccccc3)oc3ccccc23)cc1. The molecule has 328 valence electrons. The first-order chi connectivity index (χ1) is 34.8. The molecule has 6 heterocycles. The average molecular weight is 900 g/mol. The zero-order valence-electron chi connectivity index (χ0n) is 37.5. The second-order valence-electron chi connectivity index (χ2n) is 17.9. The third-order valence-corrected chi connectivity index (χ3v) is 14.1. The summed E-state index contributed by atoms with van der Waals surface area (Å²) >= 11 is 0. The van der Waals surface area contributed by atoms with E-state index in [9.17, 15) is 0 Å². The molecular formula is C62H38BN3O4. The van der Waals surface area contributed by atoms with Crippen LogP contribution in [-0.4, -0.2) is 6.71 Å². The molecule has 0 bridgehead atoms. The van der Waals surface area contributed by atoms with Gasteiger partial charge in [-0.15, -0.1) is 0 Å². The maximum absolute atomic E-state index is 7.29. The fourth-order valence-electron chi connectivity index (χ4n) is 11.2. The van der Waals surface area contributed by atoms with Gasteiger partial charge in [0.2, 0.25) is 23.5 Å². The number of anilines is 9. The van der Waals surface area contributed by atoms with Crippen LogP contribution in [0, 0.1) is 0 Å². The van der Waals surface area contributed by atoms with Crippen molar-refractivity contribution in [1.29, 1.82) is 0 Å². The topological polar surface area (TPSA) is 62.3 Å². The van der Waals surface area contributed by atoms with E-state index in [1.54, 1.807) is 0 Å². The van der Waals surface area contributed by atoms with Gasteiger partial charge in [-0.05, 0) is 77.3 Å². The third kappa shape index (κ3) is 5.58. The molecule has 13 aromatic rings. The van der Waals surface area contributed by atoms with E-state index in [1.807, 2.05) is 36.4 Å². The van der Waals surface area contributed by atoms with Crippen molar-refractivity contribution in [3.05, 3.63) is 231 Å². The minimum absolute atomic E-state index is 0.347. The van der Waals surface area contributed by atoms with E-state index >= 15 is 0 Å². The van der Waals surface area contributed by atoms with E-state index in [1.165, 1.54) is 0 Å². The summed E-state index contributed by atoms with van der Waals surface area (Å²) in [5.41, 5.74) is 14.9. The number of rotatable bonds is 7. The number of para-hydroxylation sites is 6. The summed E-state index contributed by atoms with van der Waals surface area (Å²) < 4.78 is 29.1. The lowest BCUT2D eigenvalue weighted by atomic mass is 9.33. The molecule has 0 amide bonds. The number of furan rings is 4. The summed E-state index contributed by atoms with van der Waals surface area (Å²) in [6, 6.07) is 80.2. The van der Waals surface area contributed by atoms with Crippen LogP contribution in [0.4, 0.5) is 52.0 Å². The Morgan fingerprint density at radius 3 is 1.04 bits per heavy atom. The van der Waals surface area contributed by atoms with E-state index < -0.39 is 0 Å². The molecular weight excluding hydrogens is 862 g/mol. The maximum atomic E-state index is 7.29. The molecule has 70 heavy (non-hydrogen) atoms. The third-order valence-electron chi connectivity index (χ3n) is 14.1. The van der Waals surface area contributed by atoms with Gasteiger partial charge in [-0.3, -0.25) is 9.80 Å². The van der Waals surface area contributed by atoms with Gasteiger partial charge < -0.3 is 22.6 Å². The van der Waals surface area contributed by atoms with Gasteiger partial charge in [-0.2, -0.15) is 0 Å². The van der Waals surface area contributed by atoms with Crippen LogP contribution in [0.3, 0.4) is 0 Å². The fourth-order valence-corrected chi connectivity index (χ4v) is 11.2. The molecule has 0 fully saturated rings. The smallest absolute Gasteiger partial charge is 0.262 e. The van der Waals surface area contributed by atoms with Crippen molar-refractivity contribution >= 4 is 119 Å². The van der Waals surface area contributed by atoms with E-state index in [-0.39, 0.29) is 6.71 Å². The Kier molecular flexibility index (Phi) is 8.32. The van der Waals surface area contributed by atoms with Crippen LogP contribution in [0.15, 0.2) is 248 Å². The monoisotopic (exact) mass is 899 g/mol. The van der Waals surface area contributed by atoms with Crippen LogP contribution in [0.5, 0.6) is 0 Å². The first-order valence-electron chi connectivity index (χ1n) is 23.6. The lowest BCUT2D eigenvalue weighted by Gasteiger charge is -2.40. The molecule has 0 N–H and O–H groups in total. The molecule has 0 saturated carbocycles. The standard InChI is InChI=1S/C62H38BN3O4/c1-5-21-39(22-6-1)54-44-29-13-17-33-50(44)67-59(54)65-48-37-43(64(41-25-9-3-10-26-41)42-27-11-4-12-28-42)38-49-58(48)63(56-46-31-15-19-35-52(46)69-61(56)65)57-47-32-16-20-36-53(47)70-62(57)66(49)60-55(40-23-7-2-8-24-40)45-30-14-18-34-51(45)68-60/h1-38H. The van der Waals surface area contributed by atoms with Crippen molar-refractivity contribution in [2.45, 2.75) is 0 Å². The molecule has 15 rings (SSSR count). The van der Waals surface area contributed by atoms with Gasteiger partial charge in [-0.25, -0.2) is 0 Å². The fraction of sp³-hybridized carbons (Fsp3) is 0. The van der Waals surface area contributed by atoms with Crippen molar-refractivity contribution in [2.24, 2.45) is 0 Å². The Balaban J connectivity index is 1.14. The van der Waals surface area contributed by atoms with Crippen LogP contribution in [0.1, 0.15) is 0 Å². The lowest BCUT2D eigenvalue weighted by Crippen LogP contribution is -2.60. The lowest BCUT2D eigenvalue weighted by molar-refractivity contribution is 0.583. The van der Waals surface area contributed by atoms with Crippen molar-refractivity contribution in [3.8, 4) is 22.3 Å². The Hall–Kier alpha value is -9.40. The first kappa shape index (κ1) is 38.7. The normalized spacial score (nSPS) is 12.8. The summed E-state index contributed by atoms with van der Waals surface area (Å²) in [4.78, 5) is 6.80. The van der Waals surface area contributed by atoms with Crippen molar-refractivity contribution in [1.82, 2.24) is 0 Å². The number of hydrogen-bond acceptors (Lipinski definition) is 7. The number of hydrogen-bond donors (Lipinski definition) is 0. The molecule has 0 radical (unpaired) electrons.